The summed E-state index contributed by atoms with van der Waals surface area (Å²) >= 11 is 0. The van der Waals surface area contributed by atoms with E-state index in [-0.39, 0.29) is 5.56 Å². The third-order valence-electron chi connectivity index (χ3n) is 2.92. The number of hydrogen-bond donors (Lipinski definition) is 1. The molecule has 0 spiro atoms. The first-order valence-electron chi connectivity index (χ1n) is 5.73. The van der Waals surface area contributed by atoms with E-state index in [0.717, 1.165) is 5.69 Å². The summed E-state index contributed by atoms with van der Waals surface area (Å²) < 4.78 is 15.6. The minimum Gasteiger partial charge on any atom is -0.353 e. The molecule has 0 atom stereocenters. The number of amides is 1. The van der Waals surface area contributed by atoms with Crippen molar-refractivity contribution in [3.8, 4) is 0 Å². The molecule has 1 aromatic carbocycles. The predicted octanol–water partition coefficient (Wildman–Crippen LogP) is 2.40. The van der Waals surface area contributed by atoms with Crippen molar-refractivity contribution in [2.75, 3.05) is 0 Å². The van der Waals surface area contributed by atoms with Gasteiger partial charge in [-0.15, -0.1) is 0 Å². The highest BCUT2D eigenvalue weighted by Gasteiger charge is 2.12. The van der Waals surface area contributed by atoms with Gasteiger partial charge in [-0.25, -0.2) is 4.39 Å². The van der Waals surface area contributed by atoms with Gasteiger partial charge in [0.2, 0.25) is 0 Å². The van der Waals surface area contributed by atoms with Gasteiger partial charge in [-0.3, -0.25) is 4.79 Å². The van der Waals surface area contributed by atoms with Crippen molar-refractivity contribution >= 4 is 5.91 Å². The largest absolute Gasteiger partial charge is 0.353 e. The van der Waals surface area contributed by atoms with E-state index < -0.39 is 11.7 Å². The quantitative estimate of drug-likeness (QED) is 0.886. The molecule has 0 aliphatic rings. The number of rotatable bonds is 3. The smallest absolute Gasteiger partial charge is 0.254 e. The molecule has 0 bridgehead atoms. The number of nitrogens with zero attached hydrogens (tertiary/aromatic N) is 1. The molecule has 1 aromatic heterocycles. The first-order chi connectivity index (χ1) is 8.59. The lowest BCUT2D eigenvalue weighted by atomic mass is 10.1. The van der Waals surface area contributed by atoms with Gasteiger partial charge in [0.25, 0.3) is 5.91 Å². The van der Waals surface area contributed by atoms with E-state index in [0.29, 0.717) is 12.1 Å². The van der Waals surface area contributed by atoms with E-state index in [1.807, 2.05) is 29.9 Å². The van der Waals surface area contributed by atoms with Crippen LogP contribution in [0.15, 0.2) is 36.5 Å². The summed E-state index contributed by atoms with van der Waals surface area (Å²) in [6.07, 6.45) is 1.90. The van der Waals surface area contributed by atoms with E-state index in [1.54, 1.807) is 19.1 Å². The maximum absolute atomic E-state index is 13.7. The van der Waals surface area contributed by atoms with E-state index in [9.17, 15) is 9.18 Å². The zero-order valence-electron chi connectivity index (χ0n) is 10.4. The molecule has 0 aliphatic heterocycles. The Morgan fingerprint density at radius 2 is 2.11 bits per heavy atom. The van der Waals surface area contributed by atoms with Gasteiger partial charge in [-0.05, 0) is 30.7 Å². The van der Waals surface area contributed by atoms with Crippen molar-refractivity contribution in [3.05, 3.63) is 59.2 Å². The molecule has 3 nitrogen and oxygen atoms in total. The van der Waals surface area contributed by atoms with E-state index in [4.69, 9.17) is 0 Å². The predicted molar refractivity (Wildman–Crippen MR) is 67.7 cm³/mol. The molecule has 0 radical (unpaired) electrons. The molecule has 0 fully saturated rings. The van der Waals surface area contributed by atoms with Gasteiger partial charge < -0.3 is 9.88 Å². The zero-order valence-corrected chi connectivity index (χ0v) is 10.4. The molecule has 4 heteroatoms. The van der Waals surface area contributed by atoms with E-state index in [1.165, 1.54) is 6.07 Å². The Morgan fingerprint density at radius 3 is 2.78 bits per heavy atom. The Bertz CT molecular complexity index is 575. The number of aromatic nitrogens is 1. The molecule has 0 saturated heterocycles. The van der Waals surface area contributed by atoms with Crippen molar-refractivity contribution in [3.63, 3.8) is 0 Å². The standard InChI is InChI=1S/C14H15FN2O/c1-10-5-3-7-12(13(10)15)14(18)16-9-11-6-4-8-17(11)2/h3-8H,9H2,1-2H3,(H,16,18). The third-order valence-corrected chi connectivity index (χ3v) is 2.92. The lowest BCUT2D eigenvalue weighted by Crippen LogP contribution is -2.25. The Kier molecular flexibility index (Phi) is 3.46. The van der Waals surface area contributed by atoms with Crippen LogP contribution >= 0.6 is 0 Å². The average Bonchev–Trinajstić information content (AvgIpc) is 2.75. The first-order valence-corrected chi connectivity index (χ1v) is 5.73. The van der Waals surface area contributed by atoms with Gasteiger partial charge in [0.1, 0.15) is 5.82 Å². The molecule has 1 heterocycles. The maximum atomic E-state index is 13.7. The average molecular weight is 246 g/mol. The van der Waals surface area contributed by atoms with Crippen molar-refractivity contribution in [1.29, 1.82) is 0 Å². The second kappa shape index (κ2) is 5.04. The Balaban J connectivity index is 2.09. The van der Waals surface area contributed by atoms with Crippen LogP contribution in [0.25, 0.3) is 0 Å². The minimum absolute atomic E-state index is 0.0872. The SMILES string of the molecule is Cc1cccc(C(=O)NCc2cccn2C)c1F. The number of nitrogens with one attached hydrogen (secondary N) is 1. The Morgan fingerprint density at radius 1 is 1.33 bits per heavy atom. The van der Waals surface area contributed by atoms with Gasteiger partial charge in [0.05, 0.1) is 12.1 Å². The molecular weight excluding hydrogens is 231 g/mol. The van der Waals surface area contributed by atoms with Crippen LogP contribution in [0.3, 0.4) is 0 Å². The highest BCUT2D eigenvalue weighted by molar-refractivity contribution is 5.94. The van der Waals surface area contributed by atoms with Gasteiger partial charge in [0, 0.05) is 18.9 Å². The Labute approximate surface area is 105 Å². The lowest BCUT2D eigenvalue weighted by molar-refractivity contribution is 0.0946. The molecule has 1 N–H and O–H groups in total. The van der Waals surface area contributed by atoms with Crippen molar-refractivity contribution in [2.24, 2.45) is 7.05 Å². The first kappa shape index (κ1) is 12.4. The summed E-state index contributed by atoms with van der Waals surface area (Å²) in [6, 6.07) is 8.61. The fourth-order valence-electron chi connectivity index (χ4n) is 1.77. The van der Waals surface area contributed by atoms with Gasteiger partial charge in [-0.1, -0.05) is 12.1 Å². The topological polar surface area (TPSA) is 34.0 Å². The van der Waals surface area contributed by atoms with Crippen LogP contribution in [0.1, 0.15) is 21.6 Å². The monoisotopic (exact) mass is 246 g/mol. The van der Waals surface area contributed by atoms with Gasteiger partial charge in [0.15, 0.2) is 0 Å². The van der Waals surface area contributed by atoms with Crippen LogP contribution in [0.2, 0.25) is 0 Å². The zero-order chi connectivity index (χ0) is 13.1. The molecule has 18 heavy (non-hydrogen) atoms. The van der Waals surface area contributed by atoms with Crippen LogP contribution in [0.4, 0.5) is 4.39 Å². The molecule has 94 valence electrons. The van der Waals surface area contributed by atoms with Crippen LogP contribution in [-0.2, 0) is 13.6 Å². The van der Waals surface area contributed by atoms with Crippen molar-refractivity contribution in [2.45, 2.75) is 13.5 Å². The molecular formula is C14H15FN2O. The van der Waals surface area contributed by atoms with Gasteiger partial charge >= 0.3 is 0 Å². The lowest BCUT2D eigenvalue weighted by Gasteiger charge is -2.08. The van der Waals surface area contributed by atoms with Crippen LogP contribution in [-0.4, -0.2) is 10.5 Å². The molecule has 0 aliphatic carbocycles. The molecule has 0 saturated carbocycles. The summed E-state index contributed by atoms with van der Waals surface area (Å²) in [5.74, 6) is -0.848. The number of benzene rings is 1. The Hall–Kier alpha value is -2.10. The van der Waals surface area contributed by atoms with Gasteiger partial charge in [-0.2, -0.15) is 0 Å². The number of halogens is 1. The van der Waals surface area contributed by atoms with Crippen LogP contribution in [0.5, 0.6) is 0 Å². The highest BCUT2D eigenvalue weighted by atomic mass is 19.1. The second-order valence-corrected chi connectivity index (χ2v) is 4.23. The minimum atomic E-state index is -0.457. The summed E-state index contributed by atoms with van der Waals surface area (Å²) in [5, 5.41) is 2.71. The number of carbonyl (C=O) groups is 1. The summed E-state index contributed by atoms with van der Waals surface area (Å²) in [4.78, 5) is 11.9. The fourth-order valence-corrected chi connectivity index (χ4v) is 1.77. The van der Waals surface area contributed by atoms with E-state index >= 15 is 0 Å². The summed E-state index contributed by atoms with van der Waals surface area (Å²) in [7, 11) is 1.90. The van der Waals surface area contributed by atoms with E-state index in [2.05, 4.69) is 5.32 Å². The summed E-state index contributed by atoms with van der Waals surface area (Å²) in [5.41, 5.74) is 1.53. The third kappa shape index (κ3) is 2.42. The van der Waals surface area contributed by atoms with Crippen LogP contribution < -0.4 is 5.32 Å². The second-order valence-electron chi connectivity index (χ2n) is 4.23. The molecule has 2 rings (SSSR count). The number of carbonyl (C=O) groups excluding carboxylic acids is 1. The fraction of sp³-hybridized carbons (Fsp3) is 0.214. The molecule has 2 aromatic rings. The van der Waals surface area contributed by atoms with Crippen molar-refractivity contribution < 1.29 is 9.18 Å². The highest BCUT2D eigenvalue weighted by Crippen LogP contribution is 2.11. The molecule has 1 amide bonds. The normalized spacial score (nSPS) is 10.4. The van der Waals surface area contributed by atoms with Crippen molar-refractivity contribution in [1.82, 2.24) is 9.88 Å². The molecule has 0 unspecified atom stereocenters. The number of aryl methyl sites for hydroxylation is 2. The van der Waals surface area contributed by atoms with Crippen LogP contribution in [0, 0.1) is 12.7 Å². The number of hydrogen-bond acceptors (Lipinski definition) is 1. The maximum Gasteiger partial charge on any atom is 0.254 e. The summed E-state index contributed by atoms with van der Waals surface area (Å²) in [6.45, 7) is 2.03.